The van der Waals surface area contributed by atoms with Crippen molar-refractivity contribution in [2.24, 2.45) is 5.73 Å². The number of nitrogens with one attached hydrogen (secondary N) is 1. The molecule has 15 heavy (non-hydrogen) atoms. The second kappa shape index (κ2) is 7.99. The standard InChI is InChI=1S/C11H24N2OS/c1-4-7-15-8-10(14)13-9-11(12,5-2)6-3/h4-9,12H2,1-3H3,(H,13,14). The van der Waals surface area contributed by atoms with Crippen LogP contribution >= 0.6 is 11.8 Å². The lowest BCUT2D eigenvalue weighted by molar-refractivity contribution is -0.118. The highest BCUT2D eigenvalue weighted by Crippen LogP contribution is 2.09. The molecule has 0 radical (unpaired) electrons. The van der Waals surface area contributed by atoms with Crippen molar-refractivity contribution in [2.75, 3.05) is 18.1 Å². The van der Waals surface area contributed by atoms with Crippen molar-refractivity contribution in [3.05, 3.63) is 0 Å². The fourth-order valence-corrected chi connectivity index (χ4v) is 1.86. The lowest BCUT2D eigenvalue weighted by Gasteiger charge is -2.26. The van der Waals surface area contributed by atoms with Gasteiger partial charge in [0.05, 0.1) is 5.75 Å². The molecule has 0 unspecified atom stereocenters. The predicted octanol–water partition coefficient (Wildman–Crippen LogP) is 1.76. The molecule has 0 atom stereocenters. The van der Waals surface area contributed by atoms with Crippen molar-refractivity contribution in [3.63, 3.8) is 0 Å². The molecule has 3 N–H and O–H groups in total. The Morgan fingerprint density at radius 2 is 1.93 bits per heavy atom. The number of carbonyl (C=O) groups excluding carboxylic acids is 1. The first-order chi connectivity index (χ1) is 7.08. The second-order valence-corrected chi connectivity index (χ2v) is 5.00. The number of thioether (sulfide) groups is 1. The highest BCUT2D eigenvalue weighted by molar-refractivity contribution is 7.99. The van der Waals surface area contributed by atoms with Gasteiger partial charge in [-0.25, -0.2) is 0 Å². The smallest absolute Gasteiger partial charge is 0.230 e. The Kier molecular flexibility index (Phi) is 7.88. The lowest BCUT2D eigenvalue weighted by Crippen LogP contribution is -2.49. The van der Waals surface area contributed by atoms with E-state index in [1.807, 2.05) is 0 Å². The van der Waals surface area contributed by atoms with Crippen LogP contribution in [0.3, 0.4) is 0 Å². The Morgan fingerprint density at radius 1 is 1.33 bits per heavy atom. The zero-order valence-corrected chi connectivity index (χ0v) is 11.0. The lowest BCUT2D eigenvalue weighted by atomic mass is 9.94. The number of nitrogens with two attached hydrogens (primary N) is 1. The largest absolute Gasteiger partial charge is 0.354 e. The maximum absolute atomic E-state index is 11.4. The van der Waals surface area contributed by atoms with Gasteiger partial charge in [0.2, 0.25) is 5.91 Å². The molecule has 0 aromatic rings. The van der Waals surface area contributed by atoms with E-state index < -0.39 is 0 Å². The Bertz CT molecular complexity index is 181. The number of hydrogen-bond acceptors (Lipinski definition) is 3. The van der Waals surface area contributed by atoms with E-state index in [9.17, 15) is 4.79 Å². The van der Waals surface area contributed by atoms with Gasteiger partial charge < -0.3 is 11.1 Å². The zero-order valence-electron chi connectivity index (χ0n) is 10.1. The first kappa shape index (κ1) is 14.8. The molecule has 0 aliphatic rings. The van der Waals surface area contributed by atoms with Gasteiger partial charge >= 0.3 is 0 Å². The fraction of sp³-hybridized carbons (Fsp3) is 0.909. The molecule has 0 aliphatic carbocycles. The molecular formula is C11H24N2OS. The molecule has 0 aromatic heterocycles. The molecule has 0 saturated carbocycles. The third-order valence-electron chi connectivity index (χ3n) is 2.63. The molecule has 0 fully saturated rings. The fourth-order valence-electron chi connectivity index (χ4n) is 1.13. The van der Waals surface area contributed by atoms with E-state index >= 15 is 0 Å². The van der Waals surface area contributed by atoms with Crippen LogP contribution in [0.5, 0.6) is 0 Å². The van der Waals surface area contributed by atoms with Crippen molar-refractivity contribution in [1.29, 1.82) is 0 Å². The quantitative estimate of drug-likeness (QED) is 0.627. The summed E-state index contributed by atoms with van der Waals surface area (Å²) >= 11 is 1.67. The Balaban J connectivity index is 3.69. The molecule has 0 bridgehead atoms. The highest BCUT2D eigenvalue weighted by Gasteiger charge is 2.20. The minimum absolute atomic E-state index is 0.102. The van der Waals surface area contributed by atoms with Crippen LogP contribution in [0.1, 0.15) is 40.0 Å². The molecular weight excluding hydrogens is 208 g/mol. The maximum atomic E-state index is 11.4. The average Bonchev–Trinajstić information content (AvgIpc) is 2.26. The van der Waals surface area contributed by atoms with Crippen LogP contribution in [-0.2, 0) is 4.79 Å². The van der Waals surface area contributed by atoms with E-state index in [0.29, 0.717) is 12.3 Å². The summed E-state index contributed by atoms with van der Waals surface area (Å²) in [5, 5.41) is 2.90. The number of amides is 1. The molecule has 0 aromatic carbocycles. The SMILES string of the molecule is CCCSCC(=O)NCC(N)(CC)CC. The molecule has 0 saturated heterocycles. The number of hydrogen-bond donors (Lipinski definition) is 2. The molecule has 0 heterocycles. The monoisotopic (exact) mass is 232 g/mol. The van der Waals surface area contributed by atoms with Crippen LogP contribution in [0, 0.1) is 0 Å². The summed E-state index contributed by atoms with van der Waals surface area (Å²) in [6.45, 7) is 6.82. The summed E-state index contributed by atoms with van der Waals surface area (Å²) < 4.78 is 0. The van der Waals surface area contributed by atoms with E-state index in [0.717, 1.165) is 25.0 Å². The van der Waals surface area contributed by atoms with Gasteiger partial charge in [-0.3, -0.25) is 4.79 Å². The van der Waals surface area contributed by atoms with Gasteiger partial charge in [-0.2, -0.15) is 11.8 Å². The van der Waals surface area contributed by atoms with Crippen LogP contribution in [0.25, 0.3) is 0 Å². The van der Waals surface area contributed by atoms with Crippen molar-refractivity contribution in [1.82, 2.24) is 5.32 Å². The molecule has 0 aliphatic heterocycles. The minimum Gasteiger partial charge on any atom is -0.354 e. The summed E-state index contributed by atoms with van der Waals surface area (Å²) in [5.41, 5.74) is 5.85. The summed E-state index contributed by atoms with van der Waals surface area (Å²) in [5.74, 6) is 1.70. The van der Waals surface area contributed by atoms with Crippen molar-refractivity contribution < 1.29 is 4.79 Å². The van der Waals surface area contributed by atoms with E-state index in [2.05, 4.69) is 26.1 Å². The summed E-state index contributed by atoms with van der Waals surface area (Å²) in [6.07, 6.45) is 2.90. The third kappa shape index (κ3) is 6.79. The van der Waals surface area contributed by atoms with Crippen molar-refractivity contribution in [3.8, 4) is 0 Å². The minimum atomic E-state index is -0.231. The van der Waals surface area contributed by atoms with Crippen LogP contribution in [0.15, 0.2) is 0 Å². The first-order valence-electron chi connectivity index (χ1n) is 5.71. The molecule has 90 valence electrons. The van der Waals surface area contributed by atoms with E-state index in [1.54, 1.807) is 11.8 Å². The zero-order chi connectivity index (χ0) is 11.7. The van der Waals surface area contributed by atoms with E-state index in [1.165, 1.54) is 0 Å². The molecule has 0 spiro atoms. The Morgan fingerprint density at radius 3 is 2.40 bits per heavy atom. The van der Waals surface area contributed by atoms with Crippen LogP contribution < -0.4 is 11.1 Å². The molecule has 0 rings (SSSR count). The summed E-state index contributed by atoms with van der Waals surface area (Å²) in [7, 11) is 0. The highest BCUT2D eigenvalue weighted by atomic mass is 32.2. The van der Waals surface area contributed by atoms with Gasteiger partial charge in [0, 0.05) is 12.1 Å². The van der Waals surface area contributed by atoms with Gasteiger partial charge in [-0.15, -0.1) is 0 Å². The summed E-state index contributed by atoms with van der Waals surface area (Å²) in [6, 6.07) is 0. The second-order valence-electron chi connectivity index (χ2n) is 3.90. The third-order valence-corrected chi connectivity index (χ3v) is 3.79. The number of rotatable bonds is 8. The molecule has 3 nitrogen and oxygen atoms in total. The normalized spacial score (nSPS) is 11.5. The van der Waals surface area contributed by atoms with Gasteiger partial charge in [0.1, 0.15) is 0 Å². The Hall–Kier alpha value is -0.220. The number of carbonyl (C=O) groups is 1. The first-order valence-corrected chi connectivity index (χ1v) is 6.86. The topological polar surface area (TPSA) is 55.1 Å². The average molecular weight is 232 g/mol. The van der Waals surface area contributed by atoms with Crippen molar-refractivity contribution in [2.45, 2.75) is 45.6 Å². The molecule has 4 heteroatoms. The Labute approximate surface area is 97.6 Å². The maximum Gasteiger partial charge on any atom is 0.230 e. The van der Waals surface area contributed by atoms with E-state index in [-0.39, 0.29) is 11.4 Å². The van der Waals surface area contributed by atoms with Crippen molar-refractivity contribution >= 4 is 17.7 Å². The van der Waals surface area contributed by atoms with Gasteiger partial charge in [0.15, 0.2) is 0 Å². The van der Waals surface area contributed by atoms with Gasteiger partial charge in [0.25, 0.3) is 0 Å². The van der Waals surface area contributed by atoms with Crippen LogP contribution in [0.2, 0.25) is 0 Å². The van der Waals surface area contributed by atoms with E-state index in [4.69, 9.17) is 5.73 Å². The van der Waals surface area contributed by atoms with Crippen LogP contribution in [0.4, 0.5) is 0 Å². The summed E-state index contributed by atoms with van der Waals surface area (Å²) in [4.78, 5) is 11.4. The van der Waals surface area contributed by atoms with Gasteiger partial charge in [-0.1, -0.05) is 20.8 Å². The van der Waals surface area contributed by atoms with Crippen LogP contribution in [-0.4, -0.2) is 29.5 Å². The molecule has 1 amide bonds. The predicted molar refractivity (Wildman–Crippen MR) is 68.1 cm³/mol. The van der Waals surface area contributed by atoms with Gasteiger partial charge in [-0.05, 0) is 25.0 Å².